The molecule has 6 heteroatoms. The van der Waals surface area contributed by atoms with Gasteiger partial charge < -0.3 is 10.6 Å². The van der Waals surface area contributed by atoms with Crippen molar-refractivity contribution in [3.63, 3.8) is 0 Å². The van der Waals surface area contributed by atoms with Crippen molar-refractivity contribution in [3.8, 4) is 0 Å². The Labute approximate surface area is 165 Å². The molecule has 142 valence electrons. The number of benzene rings is 1. The van der Waals surface area contributed by atoms with E-state index in [0.717, 1.165) is 32.0 Å². The molecular weight excluding hydrogens is 354 g/mol. The van der Waals surface area contributed by atoms with Crippen LogP contribution < -0.4 is 10.6 Å². The first-order chi connectivity index (χ1) is 13.3. The second-order valence-electron chi connectivity index (χ2n) is 6.24. The first-order valence-electron chi connectivity index (χ1n) is 9.42. The maximum absolute atomic E-state index is 4.79. The van der Waals surface area contributed by atoms with Gasteiger partial charge in [-0.3, -0.25) is 4.68 Å². The van der Waals surface area contributed by atoms with E-state index in [4.69, 9.17) is 4.99 Å². The van der Waals surface area contributed by atoms with Gasteiger partial charge in [-0.2, -0.15) is 5.10 Å². The first kappa shape index (κ1) is 19.2. The standard InChI is InChI=1S/C21H27N5S/c1-3-19-10-11-20(27-19)15-24-21(22-4-2)23-14-17-8-5-6-9-18(17)16-26-13-7-12-25-26/h5-13H,3-4,14-16H2,1-2H3,(H2,22,23,24). The average Bonchev–Trinajstić information content (AvgIpc) is 3.37. The number of thiophene rings is 1. The highest BCUT2D eigenvalue weighted by atomic mass is 32.1. The molecule has 5 nitrogen and oxygen atoms in total. The summed E-state index contributed by atoms with van der Waals surface area (Å²) in [6.07, 6.45) is 4.88. The number of aromatic nitrogens is 2. The number of hydrogen-bond donors (Lipinski definition) is 2. The van der Waals surface area contributed by atoms with E-state index in [-0.39, 0.29) is 0 Å². The van der Waals surface area contributed by atoms with Crippen LogP contribution >= 0.6 is 11.3 Å². The zero-order valence-corrected chi connectivity index (χ0v) is 16.8. The van der Waals surface area contributed by atoms with Crippen LogP contribution in [0.1, 0.15) is 34.7 Å². The second kappa shape index (κ2) is 9.92. The molecule has 0 fully saturated rings. The quantitative estimate of drug-likeness (QED) is 0.461. The van der Waals surface area contributed by atoms with E-state index >= 15 is 0 Å². The van der Waals surface area contributed by atoms with E-state index in [1.54, 1.807) is 0 Å². The third-order valence-corrected chi connectivity index (χ3v) is 5.49. The lowest BCUT2D eigenvalue weighted by molar-refractivity contribution is 0.680. The Balaban J connectivity index is 1.65. The fraction of sp³-hybridized carbons (Fsp3) is 0.333. The topological polar surface area (TPSA) is 54.2 Å². The Kier molecular flexibility index (Phi) is 7.04. The molecule has 1 aromatic carbocycles. The van der Waals surface area contributed by atoms with Crippen molar-refractivity contribution in [2.24, 2.45) is 4.99 Å². The lowest BCUT2D eigenvalue weighted by Gasteiger charge is -2.12. The predicted molar refractivity (Wildman–Crippen MR) is 113 cm³/mol. The highest BCUT2D eigenvalue weighted by molar-refractivity contribution is 7.11. The van der Waals surface area contributed by atoms with Crippen molar-refractivity contribution in [3.05, 3.63) is 75.7 Å². The van der Waals surface area contributed by atoms with Crippen molar-refractivity contribution < 1.29 is 0 Å². The van der Waals surface area contributed by atoms with Crippen LogP contribution in [-0.4, -0.2) is 22.3 Å². The number of aliphatic imine (C=N–C) groups is 1. The number of nitrogens with zero attached hydrogens (tertiary/aromatic N) is 3. The molecular formula is C21H27N5S. The number of hydrogen-bond acceptors (Lipinski definition) is 3. The summed E-state index contributed by atoms with van der Waals surface area (Å²) in [6, 6.07) is 14.8. The van der Waals surface area contributed by atoms with Gasteiger partial charge in [0.1, 0.15) is 0 Å². The van der Waals surface area contributed by atoms with Crippen LogP contribution in [0.15, 0.2) is 59.9 Å². The average molecular weight is 382 g/mol. The Morgan fingerprint density at radius 2 is 1.85 bits per heavy atom. The van der Waals surface area contributed by atoms with E-state index in [2.05, 4.69) is 66.0 Å². The van der Waals surface area contributed by atoms with Crippen LogP contribution in [0.3, 0.4) is 0 Å². The fourth-order valence-electron chi connectivity index (χ4n) is 2.82. The lowest BCUT2D eigenvalue weighted by Crippen LogP contribution is -2.36. The summed E-state index contributed by atoms with van der Waals surface area (Å²) >= 11 is 1.86. The number of guanidine groups is 1. The summed E-state index contributed by atoms with van der Waals surface area (Å²) in [5.41, 5.74) is 2.46. The monoisotopic (exact) mass is 381 g/mol. The van der Waals surface area contributed by atoms with E-state index in [0.29, 0.717) is 6.54 Å². The van der Waals surface area contributed by atoms with Crippen LogP contribution in [0.25, 0.3) is 0 Å². The summed E-state index contributed by atoms with van der Waals surface area (Å²) in [7, 11) is 0. The maximum Gasteiger partial charge on any atom is 0.191 e. The highest BCUT2D eigenvalue weighted by Crippen LogP contribution is 2.16. The summed E-state index contributed by atoms with van der Waals surface area (Å²) in [6.45, 7) is 7.31. The molecule has 3 rings (SSSR count). The van der Waals surface area contributed by atoms with Gasteiger partial charge in [-0.15, -0.1) is 11.3 Å². The van der Waals surface area contributed by atoms with Crippen LogP contribution in [0.4, 0.5) is 0 Å². The molecule has 27 heavy (non-hydrogen) atoms. The van der Waals surface area contributed by atoms with Crippen molar-refractivity contribution in [2.75, 3.05) is 6.54 Å². The van der Waals surface area contributed by atoms with Gasteiger partial charge in [-0.1, -0.05) is 31.2 Å². The molecule has 0 bridgehead atoms. The molecule has 0 atom stereocenters. The third-order valence-electron chi connectivity index (χ3n) is 4.26. The number of rotatable bonds is 8. The molecule has 2 heterocycles. The molecule has 2 aromatic heterocycles. The lowest BCUT2D eigenvalue weighted by atomic mass is 10.1. The van der Waals surface area contributed by atoms with Crippen molar-refractivity contribution in [2.45, 2.75) is 39.9 Å². The van der Waals surface area contributed by atoms with Gasteiger partial charge in [-0.05, 0) is 42.7 Å². The third kappa shape index (κ3) is 5.69. The molecule has 0 spiro atoms. The van der Waals surface area contributed by atoms with Crippen LogP contribution in [-0.2, 0) is 26.1 Å². The molecule has 0 aliphatic carbocycles. The minimum atomic E-state index is 0.636. The van der Waals surface area contributed by atoms with Crippen LogP contribution in [0, 0.1) is 0 Å². The number of nitrogens with one attached hydrogen (secondary N) is 2. The van der Waals surface area contributed by atoms with Gasteiger partial charge in [0, 0.05) is 28.7 Å². The summed E-state index contributed by atoms with van der Waals surface area (Å²) < 4.78 is 1.94. The molecule has 0 saturated carbocycles. The minimum absolute atomic E-state index is 0.636. The highest BCUT2D eigenvalue weighted by Gasteiger charge is 2.05. The van der Waals surface area contributed by atoms with Gasteiger partial charge in [0.15, 0.2) is 5.96 Å². The number of aryl methyl sites for hydroxylation is 1. The summed E-state index contributed by atoms with van der Waals surface area (Å²) in [5.74, 6) is 0.845. The zero-order chi connectivity index (χ0) is 18.9. The van der Waals surface area contributed by atoms with E-state index in [9.17, 15) is 0 Å². The summed E-state index contributed by atoms with van der Waals surface area (Å²) in [5, 5.41) is 11.1. The second-order valence-corrected chi connectivity index (χ2v) is 7.50. The van der Waals surface area contributed by atoms with E-state index in [1.165, 1.54) is 20.9 Å². The van der Waals surface area contributed by atoms with Crippen molar-refractivity contribution >= 4 is 17.3 Å². The Bertz CT molecular complexity index is 851. The molecule has 0 amide bonds. The fourth-order valence-corrected chi connectivity index (χ4v) is 3.72. The summed E-state index contributed by atoms with van der Waals surface area (Å²) in [4.78, 5) is 7.53. The Hall–Kier alpha value is -2.60. The molecule has 0 radical (unpaired) electrons. The van der Waals surface area contributed by atoms with E-state index < -0.39 is 0 Å². The van der Waals surface area contributed by atoms with Gasteiger partial charge in [0.25, 0.3) is 0 Å². The predicted octanol–water partition coefficient (Wildman–Crippen LogP) is 3.81. The molecule has 3 aromatic rings. The molecule has 2 N–H and O–H groups in total. The van der Waals surface area contributed by atoms with Crippen molar-refractivity contribution in [1.82, 2.24) is 20.4 Å². The maximum atomic E-state index is 4.79. The van der Waals surface area contributed by atoms with Crippen LogP contribution in [0.5, 0.6) is 0 Å². The van der Waals surface area contributed by atoms with Gasteiger partial charge >= 0.3 is 0 Å². The Morgan fingerprint density at radius 1 is 1.04 bits per heavy atom. The smallest absolute Gasteiger partial charge is 0.191 e. The molecule has 0 aliphatic rings. The molecule has 0 aliphatic heterocycles. The SMILES string of the molecule is CCNC(=NCc1ccccc1Cn1cccn1)NCc1ccc(CC)s1. The van der Waals surface area contributed by atoms with Gasteiger partial charge in [0.05, 0.1) is 19.6 Å². The minimum Gasteiger partial charge on any atom is -0.357 e. The largest absolute Gasteiger partial charge is 0.357 e. The van der Waals surface area contributed by atoms with Crippen LogP contribution in [0.2, 0.25) is 0 Å². The molecule has 0 unspecified atom stereocenters. The molecule has 0 saturated heterocycles. The zero-order valence-electron chi connectivity index (χ0n) is 16.0. The van der Waals surface area contributed by atoms with Crippen molar-refractivity contribution in [1.29, 1.82) is 0 Å². The Morgan fingerprint density at radius 3 is 2.56 bits per heavy atom. The van der Waals surface area contributed by atoms with Gasteiger partial charge in [0.2, 0.25) is 0 Å². The normalized spacial score (nSPS) is 11.6. The first-order valence-corrected chi connectivity index (χ1v) is 10.2. The van der Waals surface area contributed by atoms with Gasteiger partial charge in [-0.25, -0.2) is 4.99 Å². The van der Waals surface area contributed by atoms with E-state index in [1.807, 2.05) is 34.5 Å².